The highest BCUT2D eigenvalue weighted by molar-refractivity contribution is 5.85. The van der Waals surface area contributed by atoms with Crippen LogP contribution in [0.2, 0.25) is 0 Å². The fraction of sp³-hybridized carbons (Fsp3) is 0.250. The normalized spacial score (nSPS) is 11.2. The van der Waals surface area contributed by atoms with Crippen molar-refractivity contribution < 1.29 is 22.7 Å². The van der Waals surface area contributed by atoms with Gasteiger partial charge in [0.15, 0.2) is 12.0 Å². The summed E-state index contributed by atoms with van der Waals surface area (Å²) in [5, 5.41) is 0. The van der Waals surface area contributed by atoms with Gasteiger partial charge in [-0.2, -0.15) is 0 Å². The Balaban J connectivity index is 3.25. The molecule has 1 rings (SSSR count). The van der Waals surface area contributed by atoms with Crippen molar-refractivity contribution in [3.8, 4) is 5.75 Å². The second-order valence-electron chi connectivity index (χ2n) is 2.77. The van der Waals surface area contributed by atoms with Gasteiger partial charge in [-0.1, -0.05) is 0 Å². The number of ether oxygens (including phenoxy) is 1. The van der Waals surface area contributed by atoms with E-state index in [1.807, 2.05) is 0 Å². The van der Waals surface area contributed by atoms with Crippen LogP contribution < -0.4 is 16.2 Å². The van der Waals surface area contributed by atoms with E-state index in [1.165, 1.54) is 0 Å². The van der Waals surface area contributed by atoms with Crippen LogP contribution in [0, 0.1) is 0 Å². The molecule has 0 radical (unpaired) electrons. The first-order chi connectivity index (χ1) is 7.39. The van der Waals surface area contributed by atoms with Crippen molar-refractivity contribution in [2.24, 2.45) is 5.73 Å². The number of hydrogen-bond donors (Lipinski definition) is 2. The predicted octanol–water partition coefficient (Wildman–Crippen LogP) is 0.834. The lowest BCUT2D eigenvalue weighted by Gasteiger charge is -2.13. The van der Waals surface area contributed by atoms with Crippen LogP contribution in [0.25, 0.3) is 0 Å². The lowest BCUT2D eigenvalue weighted by Crippen LogP contribution is -2.20. The summed E-state index contributed by atoms with van der Waals surface area (Å²) in [5.41, 5.74) is 10.2. The van der Waals surface area contributed by atoms with Gasteiger partial charge in [-0.25, -0.2) is 4.98 Å². The minimum absolute atomic E-state index is 0.125. The van der Waals surface area contributed by atoms with Crippen LogP contribution in [0.4, 0.5) is 19.0 Å². The molecule has 1 aromatic rings. The number of carbonyl (C=O) groups is 1. The molecular formula is C8H8F3N3O2. The quantitative estimate of drug-likeness (QED) is 0.757. The zero-order valence-electron chi connectivity index (χ0n) is 7.91. The number of pyridine rings is 1. The maximum absolute atomic E-state index is 12.0. The highest BCUT2D eigenvalue weighted by Gasteiger charge is 2.32. The van der Waals surface area contributed by atoms with Crippen LogP contribution in [0.15, 0.2) is 6.20 Å². The Labute approximate surface area is 88.2 Å². The van der Waals surface area contributed by atoms with Crippen LogP contribution in [-0.4, -0.2) is 17.6 Å². The van der Waals surface area contributed by atoms with Crippen LogP contribution in [0.3, 0.4) is 0 Å². The maximum Gasteiger partial charge on any atom is 0.573 e. The third kappa shape index (κ3) is 2.60. The number of anilines is 1. The molecule has 0 spiro atoms. The smallest absolute Gasteiger partial charge is 0.404 e. The lowest BCUT2D eigenvalue weighted by molar-refractivity contribution is -0.275. The summed E-state index contributed by atoms with van der Waals surface area (Å²) in [6.45, 7) is -0.313. The van der Waals surface area contributed by atoms with E-state index >= 15 is 0 Å². The number of nitrogens with zero attached hydrogens (tertiary/aromatic N) is 1. The van der Waals surface area contributed by atoms with Crippen molar-refractivity contribution in [3.05, 3.63) is 17.3 Å². The molecule has 4 N–H and O–H groups in total. The molecule has 0 aliphatic heterocycles. The van der Waals surface area contributed by atoms with E-state index in [-0.39, 0.29) is 29.8 Å². The van der Waals surface area contributed by atoms with E-state index in [0.717, 1.165) is 6.20 Å². The van der Waals surface area contributed by atoms with Gasteiger partial charge >= 0.3 is 6.36 Å². The second-order valence-corrected chi connectivity index (χ2v) is 2.77. The molecule has 8 heteroatoms. The van der Waals surface area contributed by atoms with E-state index < -0.39 is 12.1 Å². The van der Waals surface area contributed by atoms with Crippen LogP contribution in [-0.2, 0) is 6.54 Å². The van der Waals surface area contributed by atoms with E-state index in [9.17, 15) is 18.0 Å². The molecule has 16 heavy (non-hydrogen) atoms. The Bertz CT molecular complexity index is 406. The molecule has 1 aromatic heterocycles. The summed E-state index contributed by atoms with van der Waals surface area (Å²) < 4.78 is 39.6. The summed E-state index contributed by atoms with van der Waals surface area (Å²) in [6.07, 6.45) is -3.81. The Morgan fingerprint density at radius 2 is 2.12 bits per heavy atom. The van der Waals surface area contributed by atoms with Gasteiger partial charge in [-0.05, 0) is 0 Å². The Kier molecular flexibility index (Phi) is 3.33. The number of hydrogen-bond acceptors (Lipinski definition) is 5. The van der Waals surface area contributed by atoms with Gasteiger partial charge in [0.1, 0.15) is 5.82 Å². The van der Waals surface area contributed by atoms with Crippen molar-refractivity contribution in [2.75, 3.05) is 5.73 Å². The number of carbonyl (C=O) groups excluding carboxylic acids is 1. The number of alkyl halides is 3. The van der Waals surface area contributed by atoms with Crippen molar-refractivity contribution >= 4 is 12.1 Å². The largest absolute Gasteiger partial charge is 0.573 e. The van der Waals surface area contributed by atoms with Gasteiger partial charge in [-0.15, -0.1) is 13.2 Å². The maximum atomic E-state index is 12.0. The van der Waals surface area contributed by atoms with Gasteiger partial charge in [0.2, 0.25) is 0 Å². The summed E-state index contributed by atoms with van der Waals surface area (Å²) in [5.74, 6) is -0.809. The molecule has 0 saturated heterocycles. The first kappa shape index (κ1) is 12.2. The van der Waals surface area contributed by atoms with Gasteiger partial charge in [0, 0.05) is 12.1 Å². The standard InChI is InChI=1S/C8H8F3N3O2/c9-8(10,11)16-6-2-14-7(13)5(3-15)4(6)1-12/h2-3H,1,12H2,(H2,13,14). The van der Waals surface area contributed by atoms with Gasteiger partial charge in [-0.3, -0.25) is 4.79 Å². The van der Waals surface area contributed by atoms with Gasteiger partial charge in [0.05, 0.1) is 11.8 Å². The summed E-state index contributed by atoms with van der Waals surface area (Å²) >= 11 is 0. The van der Waals surface area contributed by atoms with Crippen molar-refractivity contribution in [1.29, 1.82) is 0 Å². The average molecular weight is 235 g/mol. The molecule has 0 atom stereocenters. The van der Waals surface area contributed by atoms with Crippen molar-refractivity contribution in [2.45, 2.75) is 12.9 Å². The molecule has 5 nitrogen and oxygen atoms in total. The first-order valence-electron chi connectivity index (χ1n) is 4.07. The molecule has 0 aliphatic rings. The average Bonchev–Trinajstić information content (AvgIpc) is 2.18. The summed E-state index contributed by atoms with van der Waals surface area (Å²) in [6, 6.07) is 0. The third-order valence-corrected chi connectivity index (χ3v) is 1.77. The minimum atomic E-state index is -4.87. The summed E-state index contributed by atoms with van der Waals surface area (Å²) in [4.78, 5) is 14.0. The van der Waals surface area contributed by atoms with E-state index in [1.54, 1.807) is 0 Å². The topological polar surface area (TPSA) is 91.2 Å². The molecule has 88 valence electrons. The number of nitrogens with two attached hydrogens (primary N) is 2. The lowest BCUT2D eigenvalue weighted by atomic mass is 10.1. The SMILES string of the molecule is NCc1c(OC(F)(F)F)cnc(N)c1C=O. The molecule has 0 saturated carbocycles. The fourth-order valence-electron chi connectivity index (χ4n) is 1.12. The monoisotopic (exact) mass is 235 g/mol. The number of rotatable bonds is 3. The number of nitrogen functional groups attached to an aromatic ring is 1. The van der Waals surface area contributed by atoms with Crippen molar-refractivity contribution in [3.63, 3.8) is 0 Å². The van der Waals surface area contributed by atoms with Crippen molar-refractivity contribution in [1.82, 2.24) is 4.98 Å². The minimum Gasteiger partial charge on any atom is -0.404 e. The molecule has 0 amide bonds. The number of aldehydes is 1. The van der Waals surface area contributed by atoms with Crippen LogP contribution >= 0.6 is 0 Å². The Hall–Kier alpha value is -1.83. The number of halogens is 3. The second kappa shape index (κ2) is 4.35. The van der Waals surface area contributed by atoms with E-state index in [2.05, 4.69) is 9.72 Å². The third-order valence-electron chi connectivity index (χ3n) is 1.77. The Morgan fingerprint density at radius 3 is 2.56 bits per heavy atom. The predicted molar refractivity (Wildman–Crippen MR) is 48.6 cm³/mol. The van der Waals surface area contributed by atoms with Gasteiger partial charge in [0.25, 0.3) is 0 Å². The summed E-state index contributed by atoms with van der Waals surface area (Å²) in [7, 11) is 0. The molecule has 0 unspecified atom stereocenters. The highest BCUT2D eigenvalue weighted by Crippen LogP contribution is 2.28. The molecule has 1 heterocycles. The molecular weight excluding hydrogens is 227 g/mol. The fourth-order valence-corrected chi connectivity index (χ4v) is 1.12. The molecule has 0 fully saturated rings. The van der Waals surface area contributed by atoms with Gasteiger partial charge < -0.3 is 16.2 Å². The zero-order chi connectivity index (χ0) is 12.3. The van der Waals surface area contributed by atoms with Crippen LogP contribution in [0.1, 0.15) is 15.9 Å². The van der Waals surface area contributed by atoms with E-state index in [4.69, 9.17) is 11.5 Å². The first-order valence-corrected chi connectivity index (χ1v) is 4.07. The van der Waals surface area contributed by atoms with Crippen LogP contribution in [0.5, 0.6) is 5.75 Å². The highest BCUT2D eigenvalue weighted by atomic mass is 19.4. The zero-order valence-corrected chi connectivity index (χ0v) is 7.91. The molecule has 0 bridgehead atoms. The molecule has 0 aromatic carbocycles. The molecule has 0 aliphatic carbocycles. The van der Waals surface area contributed by atoms with E-state index in [0.29, 0.717) is 0 Å². The number of aromatic nitrogens is 1. The Morgan fingerprint density at radius 1 is 1.50 bits per heavy atom.